The summed E-state index contributed by atoms with van der Waals surface area (Å²) in [5.41, 5.74) is 1.05. The highest BCUT2D eigenvalue weighted by molar-refractivity contribution is 6.29. The summed E-state index contributed by atoms with van der Waals surface area (Å²) >= 11 is 5.84. The normalized spacial score (nSPS) is 18.6. The monoisotopic (exact) mass is 239 g/mol. The molecular formula is C12H18ClN3. The Morgan fingerprint density at radius 2 is 2.25 bits per heavy atom. The number of nitrogens with one attached hydrogen (secondary N) is 1. The van der Waals surface area contributed by atoms with Crippen LogP contribution >= 0.6 is 11.6 Å². The fraction of sp³-hybridized carbons (Fsp3) is 0.583. The summed E-state index contributed by atoms with van der Waals surface area (Å²) in [6, 6.07) is 4.26. The van der Waals surface area contributed by atoms with E-state index in [1.165, 1.54) is 25.9 Å². The van der Waals surface area contributed by atoms with Gasteiger partial charge in [0.05, 0.1) is 0 Å². The quantitative estimate of drug-likeness (QED) is 0.819. The molecule has 0 aromatic carbocycles. The van der Waals surface area contributed by atoms with Gasteiger partial charge in [0.25, 0.3) is 0 Å². The van der Waals surface area contributed by atoms with Crippen molar-refractivity contribution in [3.05, 3.63) is 23.5 Å². The summed E-state index contributed by atoms with van der Waals surface area (Å²) in [6.07, 6.45) is 4.41. The van der Waals surface area contributed by atoms with Gasteiger partial charge in [-0.3, -0.25) is 0 Å². The first-order chi connectivity index (χ1) is 7.74. The molecule has 0 amide bonds. The van der Waals surface area contributed by atoms with Gasteiger partial charge in [-0.25, -0.2) is 4.98 Å². The molecule has 1 unspecified atom stereocenters. The maximum absolute atomic E-state index is 5.84. The number of hydrogen-bond acceptors (Lipinski definition) is 3. The minimum atomic E-state index is 0.441. The third-order valence-corrected chi connectivity index (χ3v) is 3.08. The number of rotatable bonds is 4. The molecule has 1 N–H and O–H groups in total. The molecule has 1 aromatic rings. The number of aromatic nitrogens is 1. The van der Waals surface area contributed by atoms with Gasteiger partial charge in [0.2, 0.25) is 0 Å². The molecular weight excluding hydrogens is 222 g/mol. The molecule has 1 aliphatic heterocycles. The molecule has 16 heavy (non-hydrogen) atoms. The lowest BCUT2D eigenvalue weighted by Gasteiger charge is -2.22. The SMILES string of the molecule is CC(CN1CCCC1)Nc1ccnc(Cl)c1. The number of pyridine rings is 1. The van der Waals surface area contributed by atoms with Crippen LogP contribution in [0.1, 0.15) is 19.8 Å². The van der Waals surface area contributed by atoms with E-state index in [1.807, 2.05) is 12.1 Å². The van der Waals surface area contributed by atoms with Crippen molar-refractivity contribution in [3.8, 4) is 0 Å². The summed E-state index contributed by atoms with van der Waals surface area (Å²) < 4.78 is 0. The molecule has 0 saturated carbocycles. The van der Waals surface area contributed by atoms with E-state index >= 15 is 0 Å². The van der Waals surface area contributed by atoms with Crippen molar-refractivity contribution in [1.29, 1.82) is 0 Å². The van der Waals surface area contributed by atoms with Gasteiger partial charge in [0, 0.05) is 24.5 Å². The number of nitrogens with zero attached hydrogens (tertiary/aromatic N) is 2. The predicted octanol–water partition coefficient (Wildman–Crippen LogP) is 2.63. The van der Waals surface area contributed by atoms with Crippen molar-refractivity contribution in [2.24, 2.45) is 0 Å². The average Bonchev–Trinajstić information content (AvgIpc) is 2.70. The third kappa shape index (κ3) is 3.35. The third-order valence-electron chi connectivity index (χ3n) is 2.87. The lowest BCUT2D eigenvalue weighted by atomic mass is 10.3. The minimum Gasteiger partial charge on any atom is -0.381 e. The Hall–Kier alpha value is -0.800. The molecule has 2 rings (SSSR count). The van der Waals surface area contributed by atoms with Gasteiger partial charge in [-0.2, -0.15) is 0 Å². The van der Waals surface area contributed by atoms with Crippen molar-refractivity contribution in [3.63, 3.8) is 0 Å². The van der Waals surface area contributed by atoms with E-state index in [0.29, 0.717) is 11.2 Å². The zero-order valence-electron chi connectivity index (χ0n) is 9.62. The minimum absolute atomic E-state index is 0.441. The van der Waals surface area contributed by atoms with Crippen LogP contribution in [0.3, 0.4) is 0 Å². The topological polar surface area (TPSA) is 28.2 Å². The Kier molecular flexibility index (Phi) is 4.02. The van der Waals surface area contributed by atoms with Crippen LogP contribution in [0.25, 0.3) is 0 Å². The molecule has 4 heteroatoms. The first kappa shape index (κ1) is 11.7. The molecule has 3 nitrogen and oxygen atoms in total. The van der Waals surface area contributed by atoms with Crippen molar-refractivity contribution >= 4 is 17.3 Å². The first-order valence-electron chi connectivity index (χ1n) is 5.84. The largest absolute Gasteiger partial charge is 0.381 e. The standard InChI is InChI=1S/C12H18ClN3/c1-10(9-16-6-2-3-7-16)15-11-4-5-14-12(13)8-11/h4-5,8,10H,2-3,6-7,9H2,1H3,(H,14,15). The fourth-order valence-corrected chi connectivity index (χ4v) is 2.35. The Labute approximate surface area is 102 Å². The second-order valence-electron chi connectivity index (χ2n) is 4.42. The van der Waals surface area contributed by atoms with Crippen molar-refractivity contribution < 1.29 is 0 Å². The predicted molar refractivity (Wildman–Crippen MR) is 68.0 cm³/mol. The molecule has 0 aliphatic carbocycles. The van der Waals surface area contributed by atoms with E-state index in [4.69, 9.17) is 11.6 Å². The number of anilines is 1. The van der Waals surface area contributed by atoms with E-state index in [2.05, 4.69) is 22.1 Å². The summed E-state index contributed by atoms with van der Waals surface area (Å²) in [6.45, 7) is 5.78. The Bertz CT molecular complexity index is 337. The maximum Gasteiger partial charge on any atom is 0.131 e. The molecule has 1 aromatic heterocycles. The molecule has 1 saturated heterocycles. The number of hydrogen-bond donors (Lipinski definition) is 1. The average molecular weight is 240 g/mol. The molecule has 0 bridgehead atoms. The molecule has 0 spiro atoms. The number of likely N-dealkylation sites (tertiary alicyclic amines) is 1. The van der Waals surface area contributed by atoms with Gasteiger partial charge < -0.3 is 10.2 Å². The smallest absolute Gasteiger partial charge is 0.131 e. The Morgan fingerprint density at radius 3 is 2.94 bits per heavy atom. The van der Waals surface area contributed by atoms with Crippen LogP contribution in [-0.2, 0) is 0 Å². The zero-order chi connectivity index (χ0) is 11.4. The maximum atomic E-state index is 5.84. The molecule has 1 aliphatic rings. The highest BCUT2D eigenvalue weighted by Gasteiger charge is 2.14. The Balaban J connectivity index is 1.84. The van der Waals surface area contributed by atoms with Gasteiger partial charge >= 0.3 is 0 Å². The second-order valence-corrected chi connectivity index (χ2v) is 4.81. The van der Waals surface area contributed by atoms with Gasteiger partial charge in [-0.05, 0) is 45.0 Å². The molecule has 1 fully saturated rings. The molecule has 88 valence electrons. The van der Waals surface area contributed by atoms with Crippen molar-refractivity contribution in [2.75, 3.05) is 25.0 Å². The Morgan fingerprint density at radius 1 is 1.50 bits per heavy atom. The van der Waals surface area contributed by atoms with Crippen molar-refractivity contribution in [2.45, 2.75) is 25.8 Å². The zero-order valence-corrected chi connectivity index (χ0v) is 10.4. The van der Waals surface area contributed by atoms with E-state index in [1.54, 1.807) is 6.20 Å². The van der Waals surface area contributed by atoms with Gasteiger partial charge in [-0.15, -0.1) is 0 Å². The van der Waals surface area contributed by atoms with Gasteiger partial charge in [-0.1, -0.05) is 11.6 Å². The molecule has 2 heterocycles. The van der Waals surface area contributed by atoms with E-state index in [9.17, 15) is 0 Å². The molecule has 1 atom stereocenters. The van der Waals surface area contributed by atoms with E-state index in [0.717, 1.165) is 12.2 Å². The first-order valence-corrected chi connectivity index (χ1v) is 6.22. The van der Waals surface area contributed by atoms with E-state index in [-0.39, 0.29) is 0 Å². The summed E-state index contributed by atoms with van der Waals surface area (Å²) in [5, 5.41) is 3.98. The van der Waals surface area contributed by atoms with Gasteiger partial charge in [0.1, 0.15) is 5.15 Å². The van der Waals surface area contributed by atoms with Gasteiger partial charge in [0.15, 0.2) is 0 Å². The summed E-state index contributed by atoms with van der Waals surface area (Å²) in [5.74, 6) is 0. The fourth-order valence-electron chi connectivity index (χ4n) is 2.17. The summed E-state index contributed by atoms with van der Waals surface area (Å²) in [7, 11) is 0. The van der Waals surface area contributed by atoms with Crippen LogP contribution in [0.2, 0.25) is 5.15 Å². The van der Waals surface area contributed by atoms with Crippen LogP contribution in [0.4, 0.5) is 5.69 Å². The lowest BCUT2D eigenvalue weighted by molar-refractivity contribution is 0.328. The highest BCUT2D eigenvalue weighted by Crippen LogP contribution is 2.14. The van der Waals surface area contributed by atoms with Crippen LogP contribution in [0.5, 0.6) is 0 Å². The molecule has 0 radical (unpaired) electrons. The lowest BCUT2D eigenvalue weighted by Crippen LogP contribution is -2.32. The second kappa shape index (κ2) is 5.51. The van der Waals surface area contributed by atoms with Crippen LogP contribution in [0.15, 0.2) is 18.3 Å². The summed E-state index contributed by atoms with van der Waals surface area (Å²) in [4.78, 5) is 6.47. The van der Waals surface area contributed by atoms with Crippen LogP contribution in [-0.4, -0.2) is 35.6 Å². The van der Waals surface area contributed by atoms with Crippen LogP contribution < -0.4 is 5.32 Å². The van der Waals surface area contributed by atoms with Crippen LogP contribution in [0, 0.1) is 0 Å². The highest BCUT2D eigenvalue weighted by atomic mass is 35.5. The number of halogens is 1. The van der Waals surface area contributed by atoms with Crippen molar-refractivity contribution in [1.82, 2.24) is 9.88 Å². The van der Waals surface area contributed by atoms with E-state index < -0.39 is 0 Å².